The molecule has 0 aliphatic heterocycles. The van der Waals surface area contributed by atoms with E-state index >= 15 is 0 Å². The SMILES string of the molecule is Cc1nc(-c2cccc(Nc3ccnc4cc(-c5nccs5)ccc34)c2)no1.Cl. The Kier molecular flexibility index (Phi) is 5.24. The third kappa shape index (κ3) is 3.83. The molecule has 3 heterocycles. The van der Waals surface area contributed by atoms with E-state index in [-0.39, 0.29) is 12.4 Å². The lowest BCUT2D eigenvalue weighted by Crippen LogP contribution is -1.93. The zero-order valence-electron chi connectivity index (χ0n) is 15.4. The van der Waals surface area contributed by atoms with Crippen molar-refractivity contribution in [1.82, 2.24) is 20.1 Å². The number of aryl methyl sites for hydroxylation is 1. The van der Waals surface area contributed by atoms with E-state index in [0.717, 1.165) is 38.4 Å². The van der Waals surface area contributed by atoms with Crippen LogP contribution in [0.3, 0.4) is 0 Å². The second-order valence-electron chi connectivity index (χ2n) is 6.27. The van der Waals surface area contributed by atoms with Crippen molar-refractivity contribution in [1.29, 1.82) is 0 Å². The number of nitrogens with one attached hydrogen (secondary N) is 1. The van der Waals surface area contributed by atoms with Crippen molar-refractivity contribution in [3.63, 3.8) is 0 Å². The predicted octanol–water partition coefficient (Wildman–Crippen LogP) is 5.88. The zero-order valence-corrected chi connectivity index (χ0v) is 17.0. The molecule has 1 N–H and O–H groups in total. The predicted molar refractivity (Wildman–Crippen MR) is 118 cm³/mol. The molecule has 5 rings (SSSR count). The van der Waals surface area contributed by atoms with Gasteiger partial charge in [-0.25, -0.2) is 4.98 Å². The van der Waals surface area contributed by atoms with Gasteiger partial charge in [0.15, 0.2) is 0 Å². The van der Waals surface area contributed by atoms with E-state index in [1.807, 2.05) is 48.1 Å². The van der Waals surface area contributed by atoms with Gasteiger partial charge in [0, 0.05) is 52.6 Å². The minimum absolute atomic E-state index is 0. The smallest absolute Gasteiger partial charge is 0.223 e. The molecule has 0 aliphatic carbocycles. The van der Waals surface area contributed by atoms with E-state index in [4.69, 9.17) is 4.52 Å². The summed E-state index contributed by atoms with van der Waals surface area (Å²) >= 11 is 1.62. The number of hydrogen-bond donors (Lipinski definition) is 1. The Labute approximate surface area is 177 Å². The topological polar surface area (TPSA) is 76.7 Å². The van der Waals surface area contributed by atoms with Gasteiger partial charge in [-0.05, 0) is 24.3 Å². The summed E-state index contributed by atoms with van der Waals surface area (Å²) in [6.45, 7) is 1.78. The highest BCUT2D eigenvalue weighted by Crippen LogP contribution is 2.30. The van der Waals surface area contributed by atoms with Crippen LogP contribution in [0.4, 0.5) is 11.4 Å². The van der Waals surface area contributed by atoms with Gasteiger partial charge in [-0.15, -0.1) is 23.7 Å². The van der Waals surface area contributed by atoms with Crippen molar-refractivity contribution in [3.8, 4) is 22.0 Å². The van der Waals surface area contributed by atoms with Gasteiger partial charge in [0.2, 0.25) is 11.7 Å². The first kappa shape index (κ1) is 19.0. The normalized spacial score (nSPS) is 10.7. The monoisotopic (exact) mass is 421 g/mol. The lowest BCUT2D eigenvalue weighted by Gasteiger charge is -2.11. The van der Waals surface area contributed by atoms with Crippen LogP contribution in [0.2, 0.25) is 0 Å². The summed E-state index contributed by atoms with van der Waals surface area (Å²) in [7, 11) is 0. The van der Waals surface area contributed by atoms with Gasteiger partial charge in [-0.1, -0.05) is 29.4 Å². The van der Waals surface area contributed by atoms with Gasteiger partial charge in [0.1, 0.15) is 5.01 Å². The summed E-state index contributed by atoms with van der Waals surface area (Å²) < 4.78 is 5.08. The number of thiazole rings is 1. The van der Waals surface area contributed by atoms with E-state index in [2.05, 4.69) is 43.6 Å². The third-order valence-electron chi connectivity index (χ3n) is 4.35. The Morgan fingerprint density at radius 2 is 1.90 bits per heavy atom. The van der Waals surface area contributed by atoms with Gasteiger partial charge in [0.05, 0.1) is 5.52 Å². The van der Waals surface area contributed by atoms with Crippen LogP contribution in [0.15, 0.2) is 70.8 Å². The van der Waals surface area contributed by atoms with Gasteiger partial charge < -0.3 is 9.84 Å². The lowest BCUT2D eigenvalue weighted by molar-refractivity contribution is 0.394. The molecule has 144 valence electrons. The maximum absolute atomic E-state index is 5.08. The lowest BCUT2D eigenvalue weighted by atomic mass is 10.1. The highest BCUT2D eigenvalue weighted by Gasteiger charge is 2.09. The molecule has 2 aromatic carbocycles. The fourth-order valence-corrected chi connectivity index (χ4v) is 3.70. The Hall–Kier alpha value is -3.29. The molecule has 0 radical (unpaired) electrons. The van der Waals surface area contributed by atoms with E-state index in [0.29, 0.717) is 11.7 Å². The van der Waals surface area contributed by atoms with Crippen LogP contribution in [0, 0.1) is 6.92 Å². The molecule has 3 aromatic heterocycles. The molecule has 0 atom stereocenters. The van der Waals surface area contributed by atoms with Crippen LogP contribution >= 0.6 is 23.7 Å². The van der Waals surface area contributed by atoms with Crippen LogP contribution in [0.25, 0.3) is 32.9 Å². The number of pyridine rings is 1. The number of nitrogens with zero attached hydrogens (tertiary/aromatic N) is 4. The number of fused-ring (bicyclic) bond motifs is 1. The molecule has 8 heteroatoms. The van der Waals surface area contributed by atoms with E-state index in [1.54, 1.807) is 18.3 Å². The molecule has 0 saturated heterocycles. The fourth-order valence-electron chi connectivity index (χ4n) is 3.06. The number of benzene rings is 2. The minimum atomic E-state index is 0. The molecular formula is C21H16ClN5OS. The van der Waals surface area contributed by atoms with Gasteiger partial charge in [-0.3, -0.25) is 4.98 Å². The number of anilines is 2. The summed E-state index contributed by atoms with van der Waals surface area (Å²) in [6.07, 6.45) is 3.62. The number of halogens is 1. The van der Waals surface area contributed by atoms with Gasteiger partial charge >= 0.3 is 0 Å². The molecule has 0 spiro atoms. The first-order valence-electron chi connectivity index (χ1n) is 8.73. The highest BCUT2D eigenvalue weighted by molar-refractivity contribution is 7.13. The second-order valence-corrected chi connectivity index (χ2v) is 7.17. The van der Waals surface area contributed by atoms with Crippen molar-refractivity contribution in [2.24, 2.45) is 0 Å². The highest BCUT2D eigenvalue weighted by atomic mass is 35.5. The van der Waals surface area contributed by atoms with Crippen LogP contribution in [0.1, 0.15) is 5.89 Å². The van der Waals surface area contributed by atoms with Crippen LogP contribution in [0.5, 0.6) is 0 Å². The first-order valence-corrected chi connectivity index (χ1v) is 9.61. The Morgan fingerprint density at radius 1 is 0.966 bits per heavy atom. The van der Waals surface area contributed by atoms with Crippen LogP contribution < -0.4 is 5.32 Å². The molecule has 0 fully saturated rings. The molecule has 0 saturated carbocycles. The Bertz CT molecular complexity index is 1270. The Morgan fingerprint density at radius 3 is 2.69 bits per heavy atom. The minimum Gasteiger partial charge on any atom is -0.355 e. The largest absolute Gasteiger partial charge is 0.355 e. The molecule has 29 heavy (non-hydrogen) atoms. The summed E-state index contributed by atoms with van der Waals surface area (Å²) in [6, 6.07) is 16.1. The molecule has 6 nitrogen and oxygen atoms in total. The molecule has 0 amide bonds. The maximum Gasteiger partial charge on any atom is 0.223 e. The summed E-state index contributed by atoms with van der Waals surface area (Å²) in [5.74, 6) is 1.12. The zero-order chi connectivity index (χ0) is 18.9. The number of aromatic nitrogens is 4. The average molecular weight is 422 g/mol. The van der Waals surface area contributed by atoms with Crippen molar-refractivity contribution in [3.05, 3.63) is 72.2 Å². The van der Waals surface area contributed by atoms with Crippen molar-refractivity contribution >= 4 is 46.0 Å². The van der Waals surface area contributed by atoms with Crippen molar-refractivity contribution < 1.29 is 4.52 Å². The molecule has 5 aromatic rings. The third-order valence-corrected chi connectivity index (χ3v) is 5.17. The van der Waals surface area contributed by atoms with Crippen LogP contribution in [-0.2, 0) is 0 Å². The fraction of sp³-hybridized carbons (Fsp3) is 0.0476. The Balaban J connectivity index is 0.00000205. The standard InChI is InChI=1S/C21H15N5OS.ClH/c1-13-24-20(26-27-13)14-3-2-4-16(11-14)25-18-7-8-22-19-12-15(5-6-17(18)19)21-23-9-10-28-21;/h2-12H,1H3,(H,22,25);1H. The molecule has 0 unspecified atom stereocenters. The van der Waals surface area contributed by atoms with E-state index < -0.39 is 0 Å². The maximum atomic E-state index is 5.08. The first-order chi connectivity index (χ1) is 13.8. The summed E-state index contributed by atoms with van der Waals surface area (Å²) in [5.41, 5.74) is 4.81. The molecular weight excluding hydrogens is 406 g/mol. The van der Waals surface area contributed by atoms with Crippen molar-refractivity contribution in [2.45, 2.75) is 6.92 Å². The van der Waals surface area contributed by atoms with Crippen molar-refractivity contribution in [2.75, 3.05) is 5.32 Å². The van der Waals surface area contributed by atoms with E-state index in [1.165, 1.54) is 0 Å². The van der Waals surface area contributed by atoms with E-state index in [9.17, 15) is 0 Å². The summed E-state index contributed by atoms with van der Waals surface area (Å²) in [4.78, 5) is 13.2. The second kappa shape index (κ2) is 7.98. The molecule has 0 aliphatic rings. The number of rotatable bonds is 4. The number of hydrogen-bond acceptors (Lipinski definition) is 7. The van der Waals surface area contributed by atoms with Crippen LogP contribution in [-0.4, -0.2) is 20.1 Å². The van der Waals surface area contributed by atoms with Gasteiger partial charge in [-0.2, -0.15) is 4.98 Å². The summed E-state index contributed by atoms with van der Waals surface area (Å²) in [5, 5.41) is 11.5. The van der Waals surface area contributed by atoms with Gasteiger partial charge in [0.25, 0.3) is 0 Å². The average Bonchev–Trinajstić information content (AvgIpc) is 3.40. The molecule has 0 bridgehead atoms. The quantitative estimate of drug-likeness (QED) is 0.390.